The number of alkyl halides is 1. The lowest BCUT2D eigenvalue weighted by molar-refractivity contribution is -0.107. The van der Waals surface area contributed by atoms with Crippen LogP contribution in [0.25, 0.3) is 0 Å². The molecule has 0 aromatic carbocycles. The van der Waals surface area contributed by atoms with Gasteiger partial charge in [0.2, 0.25) is 0 Å². The molecule has 0 aliphatic rings. The van der Waals surface area contributed by atoms with Crippen molar-refractivity contribution in [2.45, 2.75) is 17.7 Å². The molecule has 0 saturated carbocycles. The summed E-state index contributed by atoms with van der Waals surface area (Å²) < 4.78 is 0. The van der Waals surface area contributed by atoms with E-state index in [4.69, 9.17) is 0 Å². The van der Waals surface area contributed by atoms with Crippen LogP contribution in [-0.2, 0) is 4.79 Å². The lowest BCUT2D eigenvalue weighted by Crippen LogP contribution is -1.95. The van der Waals surface area contributed by atoms with Gasteiger partial charge in [-0.05, 0) is 6.42 Å². The molecule has 0 N–H and O–H groups in total. The first-order valence-corrected chi connectivity index (χ1v) is 3.11. The van der Waals surface area contributed by atoms with Crippen LogP contribution in [0.5, 0.6) is 0 Å². The zero-order valence-corrected chi connectivity index (χ0v) is 5.65. The normalized spacial score (nSPS) is 13.4. The highest BCUT2D eigenvalue weighted by Crippen LogP contribution is 2.02. The lowest BCUT2D eigenvalue weighted by atomic mass is 10.3. The molecule has 0 rings (SSSR count). The maximum Gasteiger partial charge on any atom is 0.133 e. The molecule has 0 heterocycles. The Kier molecular flexibility index (Phi) is 4.41. The van der Waals surface area contributed by atoms with Crippen molar-refractivity contribution in [2.24, 2.45) is 0 Å². The Morgan fingerprint density at radius 1 is 1.86 bits per heavy atom. The molecule has 0 aromatic heterocycles. The Morgan fingerprint density at radius 3 is 2.57 bits per heavy atom. The summed E-state index contributed by atoms with van der Waals surface area (Å²) in [5.41, 5.74) is 0. The molecule has 0 fully saturated rings. The number of rotatable bonds is 3. The third-order valence-corrected chi connectivity index (χ3v) is 1.30. The van der Waals surface area contributed by atoms with Gasteiger partial charge in [-0.25, -0.2) is 0 Å². The van der Waals surface area contributed by atoms with Gasteiger partial charge in [0, 0.05) is 0 Å². The molecule has 0 aliphatic carbocycles. The zero-order valence-electron chi connectivity index (χ0n) is 4.06. The van der Waals surface area contributed by atoms with Crippen molar-refractivity contribution in [3.05, 3.63) is 6.92 Å². The van der Waals surface area contributed by atoms with Crippen molar-refractivity contribution in [3.8, 4) is 0 Å². The molecule has 7 heavy (non-hydrogen) atoms. The van der Waals surface area contributed by atoms with E-state index < -0.39 is 0 Å². The fourth-order valence-electron chi connectivity index (χ4n) is 0.263. The number of halogens is 1. The molecule has 0 bridgehead atoms. The predicted octanol–water partition coefficient (Wildman–Crippen LogP) is 1.56. The summed E-state index contributed by atoms with van der Waals surface area (Å²) in [7, 11) is 0. The minimum Gasteiger partial charge on any atom is -0.302 e. The molecule has 1 unspecified atom stereocenters. The molecule has 2 heteroatoms. The highest BCUT2D eigenvalue weighted by atomic mass is 79.9. The number of aldehydes is 1. The van der Waals surface area contributed by atoms with E-state index in [1.165, 1.54) is 0 Å². The Morgan fingerprint density at radius 2 is 2.43 bits per heavy atom. The van der Waals surface area contributed by atoms with Crippen LogP contribution in [0, 0.1) is 6.92 Å². The molecular weight excluding hydrogens is 156 g/mol. The summed E-state index contributed by atoms with van der Waals surface area (Å²) in [6.45, 7) is 3.58. The van der Waals surface area contributed by atoms with Gasteiger partial charge in [0.05, 0.1) is 4.83 Å². The summed E-state index contributed by atoms with van der Waals surface area (Å²) in [4.78, 5) is 9.84. The molecule has 0 spiro atoms. The molecule has 1 atom stereocenters. The van der Waals surface area contributed by atoms with Gasteiger partial charge in [0.15, 0.2) is 0 Å². The molecule has 0 aromatic rings. The summed E-state index contributed by atoms with van der Waals surface area (Å²) >= 11 is 3.13. The monoisotopic (exact) mass is 163 g/mol. The summed E-state index contributed by atoms with van der Waals surface area (Å²) in [5.74, 6) is 0. The molecular formula is C5H8BrO. The average molecular weight is 164 g/mol. The van der Waals surface area contributed by atoms with Crippen molar-refractivity contribution in [3.63, 3.8) is 0 Å². The second-order valence-corrected chi connectivity index (χ2v) is 2.47. The molecule has 0 amide bonds. The third-order valence-electron chi connectivity index (χ3n) is 0.628. The van der Waals surface area contributed by atoms with Crippen LogP contribution in [0.1, 0.15) is 12.8 Å². The van der Waals surface area contributed by atoms with Crippen LogP contribution in [-0.4, -0.2) is 11.1 Å². The number of carbonyl (C=O) groups excluding carboxylic acids is 1. The lowest BCUT2D eigenvalue weighted by Gasteiger charge is -1.92. The topological polar surface area (TPSA) is 17.1 Å². The van der Waals surface area contributed by atoms with Crippen LogP contribution in [0.3, 0.4) is 0 Å². The second kappa shape index (κ2) is 4.31. The van der Waals surface area contributed by atoms with Gasteiger partial charge >= 0.3 is 0 Å². The molecule has 41 valence electrons. The maximum absolute atomic E-state index is 9.82. The molecule has 1 nitrogen and oxygen atoms in total. The van der Waals surface area contributed by atoms with E-state index in [1.54, 1.807) is 0 Å². The first-order chi connectivity index (χ1) is 3.31. The minimum absolute atomic E-state index is 0.0185. The van der Waals surface area contributed by atoms with Gasteiger partial charge in [0.1, 0.15) is 6.29 Å². The van der Waals surface area contributed by atoms with Crippen LogP contribution in [0.15, 0.2) is 0 Å². The van der Waals surface area contributed by atoms with Crippen molar-refractivity contribution in [1.29, 1.82) is 0 Å². The van der Waals surface area contributed by atoms with E-state index >= 15 is 0 Å². The van der Waals surface area contributed by atoms with Crippen LogP contribution >= 0.6 is 15.9 Å². The Balaban J connectivity index is 2.98. The third kappa shape index (κ3) is 3.99. The Hall–Kier alpha value is 0.150. The standard InChI is InChI=1S/C5H8BrO/c1-2-3-5(6)4-7/h4-5H,1-3H2. The van der Waals surface area contributed by atoms with Crippen LogP contribution in [0.4, 0.5) is 0 Å². The smallest absolute Gasteiger partial charge is 0.133 e. The Labute approximate surface area is 52.2 Å². The fourth-order valence-corrected chi connectivity index (χ4v) is 0.587. The van der Waals surface area contributed by atoms with E-state index in [0.717, 1.165) is 19.1 Å². The van der Waals surface area contributed by atoms with E-state index in [0.29, 0.717) is 0 Å². The molecule has 0 aliphatic heterocycles. The van der Waals surface area contributed by atoms with Gasteiger partial charge in [0.25, 0.3) is 0 Å². The van der Waals surface area contributed by atoms with Crippen molar-refractivity contribution in [2.75, 3.05) is 0 Å². The van der Waals surface area contributed by atoms with Crippen LogP contribution in [0.2, 0.25) is 0 Å². The number of carbonyl (C=O) groups is 1. The summed E-state index contributed by atoms with van der Waals surface area (Å²) in [6.07, 6.45) is 2.53. The van der Waals surface area contributed by atoms with E-state index in [-0.39, 0.29) is 4.83 Å². The van der Waals surface area contributed by atoms with Gasteiger partial charge in [-0.15, -0.1) is 0 Å². The van der Waals surface area contributed by atoms with E-state index in [9.17, 15) is 4.79 Å². The second-order valence-electron chi connectivity index (χ2n) is 1.29. The largest absolute Gasteiger partial charge is 0.302 e. The summed E-state index contributed by atoms with van der Waals surface area (Å²) in [5, 5.41) is 0. The van der Waals surface area contributed by atoms with Gasteiger partial charge in [-0.3, -0.25) is 0 Å². The van der Waals surface area contributed by atoms with Gasteiger partial charge in [-0.1, -0.05) is 29.3 Å². The zero-order chi connectivity index (χ0) is 5.70. The highest BCUT2D eigenvalue weighted by Gasteiger charge is 1.95. The van der Waals surface area contributed by atoms with E-state index in [1.807, 2.05) is 0 Å². The van der Waals surface area contributed by atoms with E-state index in [2.05, 4.69) is 22.9 Å². The van der Waals surface area contributed by atoms with Gasteiger partial charge in [-0.2, -0.15) is 0 Å². The number of hydrogen-bond acceptors (Lipinski definition) is 1. The van der Waals surface area contributed by atoms with Crippen molar-refractivity contribution >= 4 is 22.2 Å². The average Bonchev–Trinajstić information content (AvgIpc) is 1.68. The molecule has 1 radical (unpaired) electrons. The van der Waals surface area contributed by atoms with Crippen molar-refractivity contribution in [1.82, 2.24) is 0 Å². The van der Waals surface area contributed by atoms with Crippen LogP contribution < -0.4 is 0 Å². The fraction of sp³-hybridized carbons (Fsp3) is 0.600. The first kappa shape index (κ1) is 7.15. The number of hydrogen-bond donors (Lipinski definition) is 0. The quantitative estimate of drug-likeness (QED) is 0.457. The van der Waals surface area contributed by atoms with Gasteiger partial charge < -0.3 is 4.79 Å². The first-order valence-electron chi connectivity index (χ1n) is 2.20. The Bertz CT molecular complexity index is 54.0. The summed E-state index contributed by atoms with van der Waals surface area (Å²) in [6, 6.07) is 0. The van der Waals surface area contributed by atoms with Crippen molar-refractivity contribution < 1.29 is 4.79 Å². The predicted molar refractivity (Wildman–Crippen MR) is 33.4 cm³/mol. The SMILES string of the molecule is [CH2]CCC(Br)C=O. The maximum atomic E-state index is 9.82. The highest BCUT2D eigenvalue weighted by molar-refractivity contribution is 9.09. The minimum atomic E-state index is 0.0185. The molecule has 0 saturated heterocycles.